The predicted octanol–water partition coefficient (Wildman–Crippen LogP) is 0.632. The molecule has 0 aromatic carbocycles. The van der Waals surface area contributed by atoms with Crippen LogP contribution in [0.5, 0.6) is 0 Å². The number of aryl methyl sites for hydroxylation is 1. The number of hydrogen-bond acceptors (Lipinski definition) is 6. The van der Waals surface area contributed by atoms with E-state index in [4.69, 9.17) is 11.0 Å². The molecule has 2 N–H and O–H groups in total. The smallest absolute Gasteiger partial charge is 0.224 e. The maximum Gasteiger partial charge on any atom is 0.224 e. The topological polar surface area (TPSA) is 88.5 Å². The van der Waals surface area contributed by atoms with E-state index in [2.05, 4.69) is 15.0 Å². The van der Waals surface area contributed by atoms with E-state index >= 15 is 0 Å². The molecule has 0 aliphatic rings. The lowest BCUT2D eigenvalue weighted by molar-refractivity contribution is 0.826. The van der Waals surface area contributed by atoms with Crippen LogP contribution in [0.1, 0.15) is 12.7 Å². The molecule has 6 heteroatoms. The lowest BCUT2D eigenvalue weighted by atomic mass is 10.5. The summed E-state index contributed by atoms with van der Waals surface area (Å²) >= 11 is 1.26. The summed E-state index contributed by atoms with van der Waals surface area (Å²) in [6.45, 7) is 1.94. The Hall–Kier alpha value is -1.35. The van der Waals surface area contributed by atoms with Gasteiger partial charge in [0.1, 0.15) is 5.82 Å². The normalized spacial score (nSPS) is 9.54. The van der Waals surface area contributed by atoms with E-state index in [0.29, 0.717) is 23.2 Å². The van der Waals surface area contributed by atoms with Crippen molar-refractivity contribution < 1.29 is 0 Å². The zero-order valence-electron chi connectivity index (χ0n) is 7.19. The fourth-order valence-electron chi connectivity index (χ4n) is 0.735. The van der Waals surface area contributed by atoms with Crippen molar-refractivity contribution in [3.8, 4) is 6.07 Å². The molecule has 0 bridgehead atoms. The zero-order valence-corrected chi connectivity index (χ0v) is 8.01. The molecule has 13 heavy (non-hydrogen) atoms. The largest absolute Gasteiger partial charge is 0.368 e. The first-order valence-corrected chi connectivity index (χ1v) is 4.75. The second kappa shape index (κ2) is 4.62. The second-order valence-corrected chi connectivity index (χ2v) is 3.14. The van der Waals surface area contributed by atoms with Crippen molar-refractivity contribution in [1.29, 1.82) is 5.26 Å². The van der Waals surface area contributed by atoms with Crippen molar-refractivity contribution in [2.45, 2.75) is 18.5 Å². The van der Waals surface area contributed by atoms with E-state index in [1.165, 1.54) is 11.8 Å². The van der Waals surface area contributed by atoms with E-state index in [1.807, 2.05) is 13.0 Å². The minimum absolute atomic E-state index is 0.215. The summed E-state index contributed by atoms with van der Waals surface area (Å²) in [7, 11) is 0. The molecule has 0 fully saturated rings. The third-order valence-electron chi connectivity index (χ3n) is 1.26. The van der Waals surface area contributed by atoms with E-state index in [0.717, 1.165) is 0 Å². The summed E-state index contributed by atoms with van der Waals surface area (Å²) in [5.41, 5.74) is 5.45. The SMILES string of the molecule is CCc1nc(N)nc(SCC#N)n1. The molecule has 0 radical (unpaired) electrons. The quantitative estimate of drug-likeness (QED) is 0.712. The van der Waals surface area contributed by atoms with Crippen molar-refractivity contribution in [1.82, 2.24) is 15.0 Å². The number of thioether (sulfide) groups is 1. The van der Waals surface area contributed by atoms with Gasteiger partial charge in [0, 0.05) is 6.42 Å². The molecular weight excluding hydrogens is 186 g/mol. The van der Waals surface area contributed by atoms with E-state index < -0.39 is 0 Å². The zero-order chi connectivity index (χ0) is 9.68. The Morgan fingerprint density at radius 3 is 2.85 bits per heavy atom. The molecule has 0 saturated heterocycles. The second-order valence-electron chi connectivity index (χ2n) is 2.19. The van der Waals surface area contributed by atoms with Crippen LogP contribution in [0.15, 0.2) is 5.16 Å². The van der Waals surface area contributed by atoms with Crippen LogP contribution in [-0.4, -0.2) is 20.7 Å². The van der Waals surface area contributed by atoms with Gasteiger partial charge >= 0.3 is 0 Å². The monoisotopic (exact) mass is 195 g/mol. The van der Waals surface area contributed by atoms with Crippen LogP contribution in [0.3, 0.4) is 0 Å². The van der Waals surface area contributed by atoms with Gasteiger partial charge in [0.15, 0.2) is 5.16 Å². The highest BCUT2D eigenvalue weighted by atomic mass is 32.2. The van der Waals surface area contributed by atoms with Gasteiger partial charge in [-0.3, -0.25) is 0 Å². The summed E-state index contributed by atoms with van der Waals surface area (Å²) in [5, 5.41) is 8.87. The van der Waals surface area contributed by atoms with Crippen LogP contribution >= 0.6 is 11.8 Å². The van der Waals surface area contributed by atoms with Gasteiger partial charge in [0.25, 0.3) is 0 Å². The van der Waals surface area contributed by atoms with E-state index in [9.17, 15) is 0 Å². The van der Waals surface area contributed by atoms with E-state index in [-0.39, 0.29) is 5.95 Å². The molecule has 0 unspecified atom stereocenters. The minimum atomic E-state index is 0.215. The van der Waals surface area contributed by atoms with Gasteiger partial charge in [-0.1, -0.05) is 18.7 Å². The molecule has 0 saturated carbocycles. The molecule has 0 spiro atoms. The molecule has 1 heterocycles. The Labute approximate surface area is 80.4 Å². The Balaban J connectivity index is 2.83. The van der Waals surface area contributed by atoms with E-state index in [1.54, 1.807) is 0 Å². The number of nitrogen functional groups attached to an aromatic ring is 1. The van der Waals surface area contributed by atoms with Gasteiger partial charge in [-0.25, -0.2) is 4.98 Å². The third kappa shape index (κ3) is 2.87. The van der Waals surface area contributed by atoms with Crippen LogP contribution in [0.25, 0.3) is 0 Å². The molecule has 1 aromatic heterocycles. The van der Waals surface area contributed by atoms with Gasteiger partial charge in [-0.15, -0.1) is 0 Å². The molecule has 1 rings (SSSR count). The first-order chi connectivity index (χ1) is 6.26. The Bertz CT molecular complexity index is 332. The standard InChI is InChI=1S/C7H9N5S/c1-2-5-10-6(9)12-7(11-5)13-4-3-8/h2,4H2,1H3,(H2,9,10,11,12). The number of nitrogens with zero attached hydrogens (tertiary/aromatic N) is 4. The van der Waals surface area contributed by atoms with Crippen molar-refractivity contribution in [3.63, 3.8) is 0 Å². The van der Waals surface area contributed by atoms with Crippen molar-refractivity contribution in [3.05, 3.63) is 5.82 Å². The fraction of sp³-hybridized carbons (Fsp3) is 0.429. The van der Waals surface area contributed by atoms with Crippen LogP contribution in [0.2, 0.25) is 0 Å². The van der Waals surface area contributed by atoms with Gasteiger partial charge in [0.2, 0.25) is 5.95 Å². The Kier molecular flexibility index (Phi) is 3.46. The minimum Gasteiger partial charge on any atom is -0.368 e. The molecule has 0 amide bonds. The molecule has 0 atom stereocenters. The van der Waals surface area contributed by atoms with Crippen molar-refractivity contribution in [2.24, 2.45) is 0 Å². The average Bonchev–Trinajstić information content (AvgIpc) is 2.14. The highest BCUT2D eigenvalue weighted by Crippen LogP contribution is 2.12. The predicted molar refractivity (Wildman–Crippen MR) is 50.0 cm³/mol. The molecule has 0 aliphatic heterocycles. The number of anilines is 1. The van der Waals surface area contributed by atoms with Gasteiger partial charge in [-0.05, 0) is 0 Å². The maximum absolute atomic E-state index is 8.35. The number of rotatable bonds is 3. The number of hydrogen-bond donors (Lipinski definition) is 1. The summed E-state index contributed by atoms with van der Waals surface area (Å²) < 4.78 is 0. The maximum atomic E-state index is 8.35. The first kappa shape index (κ1) is 9.74. The summed E-state index contributed by atoms with van der Waals surface area (Å²) in [5.74, 6) is 1.20. The van der Waals surface area contributed by atoms with Crippen LogP contribution < -0.4 is 5.73 Å². The number of nitrogens with two attached hydrogens (primary N) is 1. The molecule has 68 valence electrons. The highest BCUT2D eigenvalue weighted by molar-refractivity contribution is 7.99. The molecular formula is C7H9N5S. The summed E-state index contributed by atoms with van der Waals surface area (Å²) in [4.78, 5) is 11.9. The Morgan fingerprint density at radius 1 is 1.46 bits per heavy atom. The van der Waals surface area contributed by atoms with Crippen molar-refractivity contribution in [2.75, 3.05) is 11.5 Å². The lowest BCUT2D eigenvalue weighted by Crippen LogP contribution is -2.03. The lowest BCUT2D eigenvalue weighted by Gasteiger charge is -1.99. The number of nitriles is 1. The first-order valence-electron chi connectivity index (χ1n) is 3.76. The molecule has 5 nitrogen and oxygen atoms in total. The van der Waals surface area contributed by atoms with Crippen molar-refractivity contribution >= 4 is 17.7 Å². The Morgan fingerprint density at radius 2 is 2.23 bits per heavy atom. The number of aromatic nitrogens is 3. The van der Waals surface area contributed by atoms with Crippen LogP contribution in [0.4, 0.5) is 5.95 Å². The third-order valence-corrected chi connectivity index (χ3v) is 1.97. The van der Waals surface area contributed by atoms with Crippen LogP contribution in [-0.2, 0) is 6.42 Å². The average molecular weight is 195 g/mol. The molecule has 1 aromatic rings. The van der Waals surface area contributed by atoms with Crippen LogP contribution in [0, 0.1) is 11.3 Å². The molecule has 0 aliphatic carbocycles. The summed E-state index contributed by atoms with van der Waals surface area (Å²) in [6.07, 6.45) is 0.715. The van der Waals surface area contributed by atoms with Gasteiger partial charge < -0.3 is 5.73 Å². The van der Waals surface area contributed by atoms with Gasteiger partial charge in [0.05, 0.1) is 11.8 Å². The highest BCUT2D eigenvalue weighted by Gasteiger charge is 2.02. The summed E-state index contributed by atoms with van der Waals surface area (Å²) in [6, 6.07) is 1.99. The van der Waals surface area contributed by atoms with Gasteiger partial charge in [-0.2, -0.15) is 15.2 Å². The fourth-order valence-corrected chi connectivity index (χ4v) is 1.26.